The Morgan fingerprint density at radius 2 is 2.05 bits per heavy atom. The lowest BCUT2D eigenvalue weighted by Crippen LogP contribution is -2.03. The van der Waals surface area contributed by atoms with Gasteiger partial charge in [0.05, 0.1) is 11.8 Å². The Bertz CT molecular complexity index is 745. The van der Waals surface area contributed by atoms with Crippen LogP contribution in [0, 0.1) is 12.7 Å². The first-order chi connectivity index (χ1) is 9.97. The molecule has 21 heavy (non-hydrogen) atoms. The largest absolute Gasteiger partial charge is 0.325 e. The van der Waals surface area contributed by atoms with E-state index >= 15 is 0 Å². The van der Waals surface area contributed by atoms with E-state index in [9.17, 15) is 9.18 Å². The maximum Gasteiger partial charge on any atom is 0.228 e. The van der Waals surface area contributed by atoms with Gasteiger partial charge in [-0.3, -0.25) is 4.79 Å². The molecule has 0 radical (unpaired) electrons. The molecule has 2 nitrogen and oxygen atoms in total. The van der Waals surface area contributed by atoms with Crippen molar-refractivity contribution in [1.82, 2.24) is 0 Å². The van der Waals surface area contributed by atoms with Crippen LogP contribution in [0.5, 0.6) is 0 Å². The van der Waals surface area contributed by atoms with Crippen LogP contribution in [0.1, 0.15) is 27.6 Å². The number of carbonyl (C=O) groups excluding carboxylic acids is 1. The fourth-order valence-electron chi connectivity index (χ4n) is 2.49. The van der Waals surface area contributed by atoms with Gasteiger partial charge in [-0.15, -0.1) is 11.6 Å². The quantitative estimate of drug-likeness (QED) is 0.803. The molecule has 2 aromatic rings. The zero-order valence-electron chi connectivity index (χ0n) is 11.2. The topological polar surface area (TPSA) is 29.1 Å². The summed E-state index contributed by atoms with van der Waals surface area (Å²) < 4.78 is 14.2. The second-order valence-electron chi connectivity index (χ2n) is 5.10. The highest BCUT2D eigenvalue weighted by Crippen LogP contribution is 2.39. The Morgan fingerprint density at radius 1 is 1.29 bits per heavy atom. The third-order valence-corrected chi connectivity index (χ3v) is 4.41. The molecule has 1 aliphatic rings. The van der Waals surface area contributed by atoms with E-state index in [-0.39, 0.29) is 11.7 Å². The summed E-state index contributed by atoms with van der Waals surface area (Å²) in [6.07, 6.45) is 0.291. The second kappa shape index (κ2) is 5.32. The molecule has 1 aliphatic heterocycles. The minimum Gasteiger partial charge on any atom is -0.325 e. The van der Waals surface area contributed by atoms with Crippen molar-refractivity contribution in [1.29, 1.82) is 0 Å². The van der Waals surface area contributed by atoms with Gasteiger partial charge in [-0.05, 0) is 35.7 Å². The molecule has 5 heteroatoms. The number of benzene rings is 2. The number of alkyl halides is 1. The highest BCUT2D eigenvalue weighted by Gasteiger charge is 2.24. The van der Waals surface area contributed by atoms with Gasteiger partial charge in [0.2, 0.25) is 5.91 Å². The summed E-state index contributed by atoms with van der Waals surface area (Å²) in [5.74, 6) is -0.408. The SMILES string of the molecule is Cc1cccc(C(Cl)c2cc3c(cc2Cl)NC(=O)C3)c1F. The lowest BCUT2D eigenvalue weighted by molar-refractivity contribution is -0.115. The van der Waals surface area contributed by atoms with Crippen molar-refractivity contribution in [3.63, 3.8) is 0 Å². The minimum atomic E-state index is -0.696. The van der Waals surface area contributed by atoms with Crippen molar-refractivity contribution < 1.29 is 9.18 Å². The van der Waals surface area contributed by atoms with Crippen LogP contribution >= 0.6 is 23.2 Å². The van der Waals surface area contributed by atoms with E-state index in [1.165, 1.54) is 0 Å². The normalized spacial score (nSPS) is 14.8. The number of anilines is 1. The van der Waals surface area contributed by atoms with Gasteiger partial charge >= 0.3 is 0 Å². The van der Waals surface area contributed by atoms with Crippen molar-refractivity contribution in [2.24, 2.45) is 0 Å². The Balaban J connectivity index is 2.06. The molecule has 0 saturated carbocycles. The molecule has 0 bridgehead atoms. The molecule has 1 heterocycles. The monoisotopic (exact) mass is 323 g/mol. The molecule has 2 aromatic carbocycles. The molecule has 0 aromatic heterocycles. The summed E-state index contributed by atoms with van der Waals surface area (Å²) in [5.41, 5.74) is 3.06. The van der Waals surface area contributed by atoms with Gasteiger partial charge in [-0.1, -0.05) is 29.8 Å². The lowest BCUT2D eigenvalue weighted by atomic mass is 9.99. The highest BCUT2D eigenvalue weighted by atomic mass is 35.5. The molecule has 1 amide bonds. The Kier molecular flexibility index (Phi) is 3.64. The summed E-state index contributed by atoms with van der Waals surface area (Å²) in [5, 5.41) is 2.44. The highest BCUT2D eigenvalue weighted by molar-refractivity contribution is 6.33. The summed E-state index contributed by atoms with van der Waals surface area (Å²) in [6.45, 7) is 1.69. The maximum atomic E-state index is 14.2. The van der Waals surface area contributed by atoms with Crippen LogP contribution in [0.2, 0.25) is 5.02 Å². The molecule has 0 spiro atoms. The number of fused-ring (bicyclic) bond motifs is 1. The minimum absolute atomic E-state index is 0.0777. The Labute approximate surface area is 131 Å². The number of halogens is 3. The van der Waals surface area contributed by atoms with Crippen molar-refractivity contribution >= 4 is 34.8 Å². The first-order valence-electron chi connectivity index (χ1n) is 6.48. The van der Waals surface area contributed by atoms with E-state index in [1.807, 2.05) is 0 Å². The van der Waals surface area contributed by atoms with Crippen LogP contribution in [0.4, 0.5) is 10.1 Å². The fraction of sp³-hybridized carbons (Fsp3) is 0.188. The van der Waals surface area contributed by atoms with Crippen LogP contribution in [0.25, 0.3) is 0 Å². The summed E-state index contributed by atoms with van der Waals surface area (Å²) >= 11 is 12.7. The zero-order valence-corrected chi connectivity index (χ0v) is 12.7. The predicted octanol–water partition coefficient (Wildman–Crippen LogP) is 4.61. The van der Waals surface area contributed by atoms with Crippen LogP contribution in [0.15, 0.2) is 30.3 Å². The molecule has 108 valence electrons. The van der Waals surface area contributed by atoms with Gasteiger partial charge in [-0.25, -0.2) is 4.39 Å². The molecule has 1 atom stereocenters. The average molecular weight is 324 g/mol. The lowest BCUT2D eigenvalue weighted by Gasteiger charge is -2.15. The zero-order chi connectivity index (χ0) is 15.1. The number of rotatable bonds is 2. The Hall–Kier alpha value is -1.58. The molecule has 1 unspecified atom stereocenters. The van der Waals surface area contributed by atoms with Gasteiger partial charge in [0, 0.05) is 16.3 Å². The van der Waals surface area contributed by atoms with Gasteiger partial charge in [0.25, 0.3) is 0 Å². The standard InChI is InChI=1S/C16H12Cl2FNO/c1-8-3-2-4-10(16(8)19)15(18)11-5-9-6-14(21)20-13(9)7-12(11)17/h2-5,7,15H,6H2,1H3,(H,20,21). The average Bonchev–Trinajstić information content (AvgIpc) is 2.79. The van der Waals surface area contributed by atoms with Gasteiger partial charge in [0.15, 0.2) is 0 Å². The number of amides is 1. The van der Waals surface area contributed by atoms with E-state index in [2.05, 4.69) is 5.32 Å². The van der Waals surface area contributed by atoms with Gasteiger partial charge in [-0.2, -0.15) is 0 Å². The van der Waals surface area contributed by atoms with Crippen LogP contribution < -0.4 is 5.32 Å². The number of carbonyl (C=O) groups is 1. The van der Waals surface area contributed by atoms with E-state index in [4.69, 9.17) is 23.2 Å². The summed E-state index contributed by atoms with van der Waals surface area (Å²) in [4.78, 5) is 11.4. The fourth-order valence-corrected chi connectivity index (χ4v) is 3.17. The smallest absolute Gasteiger partial charge is 0.228 e. The molecular weight excluding hydrogens is 312 g/mol. The summed E-state index contributed by atoms with van der Waals surface area (Å²) in [7, 11) is 0. The number of aryl methyl sites for hydroxylation is 1. The van der Waals surface area contributed by atoms with E-state index in [0.29, 0.717) is 33.8 Å². The first-order valence-corrected chi connectivity index (χ1v) is 7.30. The molecule has 1 N–H and O–H groups in total. The van der Waals surface area contributed by atoms with Crippen LogP contribution in [-0.2, 0) is 11.2 Å². The molecule has 3 rings (SSSR count). The third-order valence-electron chi connectivity index (χ3n) is 3.62. The second-order valence-corrected chi connectivity index (χ2v) is 5.94. The number of nitrogens with one attached hydrogen (secondary N) is 1. The van der Waals surface area contributed by atoms with Crippen molar-refractivity contribution in [2.45, 2.75) is 18.7 Å². The third kappa shape index (κ3) is 2.52. The van der Waals surface area contributed by atoms with Crippen molar-refractivity contribution in [3.05, 3.63) is 63.4 Å². The number of hydrogen-bond acceptors (Lipinski definition) is 1. The van der Waals surface area contributed by atoms with Gasteiger partial charge in [0.1, 0.15) is 5.82 Å². The van der Waals surface area contributed by atoms with E-state index < -0.39 is 5.38 Å². The maximum absolute atomic E-state index is 14.2. The van der Waals surface area contributed by atoms with Gasteiger partial charge < -0.3 is 5.32 Å². The number of hydrogen-bond donors (Lipinski definition) is 1. The molecule has 0 aliphatic carbocycles. The Morgan fingerprint density at radius 3 is 2.81 bits per heavy atom. The molecular formula is C16H12Cl2FNO. The van der Waals surface area contributed by atoms with E-state index in [1.54, 1.807) is 37.3 Å². The first kappa shape index (κ1) is 14.4. The van der Waals surface area contributed by atoms with Crippen LogP contribution in [-0.4, -0.2) is 5.91 Å². The molecule has 0 fully saturated rings. The molecule has 0 saturated heterocycles. The van der Waals surface area contributed by atoms with Crippen LogP contribution in [0.3, 0.4) is 0 Å². The summed E-state index contributed by atoms with van der Waals surface area (Å²) in [6, 6.07) is 8.53. The van der Waals surface area contributed by atoms with E-state index in [0.717, 1.165) is 5.56 Å². The predicted molar refractivity (Wildman–Crippen MR) is 82.6 cm³/mol. The van der Waals surface area contributed by atoms with Crippen molar-refractivity contribution in [2.75, 3.05) is 5.32 Å². The van der Waals surface area contributed by atoms with Crippen molar-refractivity contribution in [3.8, 4) is 0 Å².